The minimum absolute atomic E-state index is 0.466. The van der Waals surface area contributed by atoms with Crippen LogP contribution in [0.15, 0.2) is 0 Å². The first-order valence-electron chi connectivity index (χ1n) is 7.54. The quantitative estimate of drug-likeness (QED) is 0.667. The largest absolute Gasteiger partial charge is 0.316 e. The molecule has 1 aliphatic rings. The first-order chi connectivity index (χ1) is 7.83. The Bertz CT molecular complexity index is 206. The zero-order chi connectivity index (χ0) is 12.9. The molecule has 1 saturated carbocycles. The summed E-state index contributed by atoms with van der Waals surface area (Å²) in [6.45, 7) is 14.2. The van der Waals surface area contributed by atoms with Crippen LogP contribution < -0.4 is 5.32 Å². The van der Waals surface area contributed by atoms with Gasteiger partial charge >= 0.3 is 0 Å². The summed E-state index contributed by atoms with van der Waals surface area (Å²) in [5.74, 6) is 0.845. The molecule has 0 aromatic carbocycles. The highest BCUT2D eigenvalue weighted by Gasteiger charge is 2.33. The first kappa shape index (κ1) is 15.0. The third kappa shape index (κ3) is 5.90. The van der Waals surface area contributed by atoms with E-state index >= 15 is 0 Å². The smallest absolute Gasteiger partial charge is 0.000791 e. The number of hydrogen-bond donors (Lipinski definition) is 1. The number of hydrogen-bond acceptors (Lipinski definition) is 1. The standard InChI is InChI=1S/C16H33N/c1-14(2)12-16(8-6-7-9-16)13-17-11-10-15(3,4)5/h14,17H,6-13H2,1-5H3. The summed E-state index contributed by atoms with van der Waals surface area (Å²) in [4.78, 5) is 0. The zero-order valence-electron chi connectivity index (χ0n) is 12.7. The first-order valence-corrected chi connectivity index (χ1v) is 7.54. The van der Waals surface area contributed by atoms with Crippen molar-refractivity contribution < 1.29 is 0 Å². The predicted octanol–water partition coefficient (Wildman–Crippen LogP) is 4.62. The van der Waals surface area contributed by atoms with Crippen LogP contribution >= 0.6 is 0 Å². The van der Waals surface area contributed by atoms with Crippen LogP contribution in [0.4, 0.5) is 0 Å². The van der Waals surface area contributed by atoms with Gasteiger partial charge in [-0.15, -0.1) is 0 Å². The fourth-order valence-corrected chi connectivity index (χ4v) is 3.26. The Morgan fingerprint density at radius 3 is 2.18 bits per heavy atom. The van der Waals surface area contributed by atoms with Crippen LogP contribution in [0.5, 0.6) is 0 Å². The summed E-state index contributed by atoms with van der Waals surface area (Å²) < 4.78 is 0. The van der Waals surface area contributed by atoms with Gasteiger partial charge in [-0.1, -0.05) is 47.5 Å². The van der Waals surface area contributed by atoms with E-state index in [1.165, 1.54) is 51.6 Å². The van der Waals surface area contributed by atoms with Gasteiger partial charge in [-0.3, -0.25) is 0 Å². The summed E-state index contributed by atoms with van der Waals surface area (Å²) in [5, 5.41) is 3.73. The molecular weight excluding hydrogens is 206 g/mol. The minimum Gasteiger partial charge on any atom is -0.316 e. The van der Waals surface area contributed by atoms with Crippen molar-refractivity contribution >= 4 is 0 Å². The highest BCUT2D eigenvalue weighted by atomic mass is 14.9. The molecule has 0 aliphatic heterocycles. The molecule has 1 rings (SSSR count). The maximum Gasteiger partial charge on any atom is 0.000791 e. The van der Waals surface area contributed by atoms with Crippen LogP contribution in [-0.4, -0.2) is 13.1 Å². The van der Waals surface area contributed by atoms with Crippen LogP contribution in [0.25, 0.3) is 0 Å². The van der Waals surface area contributed by atoms with Gasteiger partial charge in [-0.25, -0.2) is 0 Å². The summed E-state index contributed by atoms with van der Waals surface area (Å²) in [5.41, 5.74) is 1.10. The lowest BCUT2D eigenvalue weighted by Gasteiger charge is -2.32. The second-order valence-electron chi connectivity index (χ2n) is 7.79. The molecule has 102 valence electrons. The molecule has 0 atom stereocenters. The summed E-state index contributed by atoms with van der Waals surface area (Å²) >= 11 is 0. The van der Waals surface area contributed by atoms with Crippen molar-refractivity contribution in [3.8, 4) is 0 Å². The van der Waals surface area contributed by atoms with Gasteiger partial charge in [-0.05, 0) is 49.0 Å². The maximum atomic E-state index is 3.73. The summed E-state index contributed by atoms with van der Waals surface area (Å²) in [7, 11) is 0. The molecule has 1 aliphatic carbocycles. The summed E-state index contributed by atoms with van der Waals surface area (Å²) in [6, 6.07) is 0. The Balaban J connectivity index is 2.30. The fraction of sp³-hybridized carbons (Fsp3) is 1.00. The second-order valence-corrected chi connectivity index (χ2v) is 7.79. The predicted molar refractivity (Wildman–Crippen MR) is 77.3 cm³/mol. The van der Waals surface area contributed by atoms with E-state index in [1.54, 1.807) is 0 Å². The number of nitrogens with one attached hydrogen (secondary N) is 1. The molecular formula is C16H33N. The normalized spacial score (nSPS) is 20.1. The van der Waals surface area contributed by atoms with Crippen LogP contribution in [-0.2, 0) is 0 Å². The molecule has 0 bridgehead atoms. The van der Waals surface area contributed by atoms with Crippen LogP contribution in [0, 0.1) is 16.7 Å². The van der Waals surface area contributed by atoms with Gasteiger partial charge in [0.25, 0.3) is 0 Å². The molecule has 0 saturated heterocycles. The highest BCUT2D eigenvalue weighted by Crippen LogP contribution is 2.42. The van der Waals surface area contributed by atoms with Gasteiger partial charge in [0.15, 0.2) is 0 Å². The average Bonchev–Trinajstić information content (AvgIpc) is 2.59. The zero-order valence-corrected chi connectivity index (χ0v) is 12.7. The van der Waals surface area contributed by atoms with E-state index in [9.17, 15) is 0 Å². The Morgan fingerprint density at radius 1 is 1.12 bits per heavy atom. The molecule has 0 spiro atoms. The molecule has 1 heteroatoms. The van der Waals surface area contributed by atoms with E-state index in [-0.39, 0.29) is 0 Å². The average molecular weight is 239 g/mol. The van der Waals surface area contributed by atoms with Gasteiger partial charge in [0.2, 0.25) is 0 Å². The van der Waals surface area contributed by atoms with Crippen molar-refractivity contribution in [2.75, 3.05) is 13.1 Å². The third-order valence-corrected chi connectivity index (χ3v) is 4.06. The Labute approximate surface area is 109 Å². The number of rotatable bonds is 6. The second kappa shape index (κ2) is 6.22. The molecule has 17 heavy (non-hydrogen) atoms. The molecule has 0 heterocycles. The van der Waals surface area contributed by atoms with Crippen molar-refractivity contribution in [1.82, 2.24) is 5.32 Å². The SMILES string of the molecule is CC(C)CC1(CNCCC(C)(C)C)CCCC1. The fourth-order valence-electron chi connectivity index (χ4n) is 3.26. The molecule has 0 aromatic rings. The maximum absolute atomic E-state index is 3.73. The van der Waals surface area contributed by atoms with Crippen molar-refractivity contribution in [2.24, 2.45) is 16.7 Å². The molecule has 1 nitrogen and oxygen atoms in total. The summed E-state index contributed by atoms with van der Waals surface area (Å²) in [6.07, 6.45) is 8.50. The molecule has 1 fully saturated rings. The van der Waals surface area contributed by atoms with Crippen LogP contribution in [0.3, 0.4) is 0 Å². The van der Waals surface area contributed by atoms with Gasteiger partial charge < -0.3 is 5.32 Å². The Hall–Kier alpha value is -0.0400. The van der Waals surface area contributed by atoms with Crippen molar-refractivity contribution in [1.29, 1.82) is 0 Å². The Kier molecular flexibility index (Phi) is 5.50. The molecule has 0 amide bonds. The van der Waals surface area contributed by atoms with E-state index < -0.39 is 0 Å². The van der Waals surface area contributed by atoms with Crippen LogP contribution in [0.2, 0.25) is 0 Å². The van der Waals surface area contributed by atoms with E-state index in [1.807, 2.05) is 0 Å². The van der Waals surface area contributed by atoms with Crippen molar-refractivity contribution in [3.63, 3.8) is 0 Å². The lowest BCUT2D eigenvalue weighted by atomic mass is 9.78. The van der Waals surface area contributed by atoms with Crippen molar-refractivity contribution in [3.05, 3.63) is 0 Å². The molecule has 0 unspecified atom stereocenters. The lowest BCUT2D eigenvalue weighted by Crippen LogP contribution is -2.34. The molecule has 1 N–H and O–H groups in total. The Morgan fingerprint density at radius 2 is 1.71 bits per heavy atom. The topological polar surface area (TPSA) is 12.0 Å². The minimum atomic E-state index is 0.466. The monoisotopic (exact) mass is 239 g/mol. The van der Waals surface area contributed by atoms with Crippen molar-refractivity contribution in [2.45, 2.75) is 73.1 Å². The van der Waals surface area contributed by atoms with Gasteiger partial charge in [-0.2, -0.15) is 0 Å². The van der Waals surface area contributed by atoms with Gasteiger partial charge in [0.1, 0.15) is 0 Å². The molecule has 0 radical (unpaired) electrons. The van der Waals surface area contributed by atoms with Crippen LogP contribution in [0.1, 0.15) is 73.1 Å². The lowest BCUT2D eigenvalue weighted by molar-refractivity contribution is 0.219. The highest BCUT2D eigenvalue weighted by molar-refractivity contribution is 4.87. The molecule has 0 aromatic heterocycles. The van der Waals surface area contributed by atoms with E-state index in [4.69, 9.17) is 0 Å². The van der Waals surface area contributed by atoms with E-state index in [2.05, 4.69) is 39.9 Å². The van der Waals surface area contributed by atoms with Gasteiger partial charge in [0.05, 0.1) is 0 Å². The van der Waals surface area contributed by atoms with E-state index in [0.29, 0.717) is 10.8 Å². The van der Waals surface area contributed by atoms with Gasteiger partial charge in [0, 0.05) is 6.54 Å². The van der Waals surface area contributed by atoms with E-state index in [0.717, 1.165) is 5.92 Å². The third-order valence-electron chi connectivity index (χ3n) is 4.06.